The zero-order valence-electron chi connectivity index (χ0n) is 10.1. The van der Waals surface area contributed by atoms with E-state index in [1.807, 2.05) is 0 Å². The number of rotatable bonds is 2. The van der Waals surface area contributed by atoms with E-state index < -0.39 is 16.6 Å². The number of hydrogen-bond acceptors (Lipinski definition) is 3. The minimum absolute atomic E-state index is 0.352. The van der Waals surface area contributed by atoms with E-state index in [9.17, 15) is 8.60 Å². The second-order valence-electron chi connectivity index (χ2n) is 4.07. The van der Waals surface area contributed by atoms with Crippen molar-refractivity contribution in [3.05, 3.63) is 42.5 Å². The molecule has 96 valence electrons. The average molecular weight is 275 g/mol. The van der Waals surface area contributed by atoms with E-state index in [1.165, 1.54) is 12.3 Å². The molecule has 0 spiro atoms. The van der Waals surface area contributed by atoms with Gasteiger partial charge in [0.25, 0.3) is 0 Å². The number of nitrogens with zero attached hydrogens (tertiary/aromatic N) is 2. The molecule has 2 aromatic heterocycles. The van der Waals surface area contributed by atoms with E-state index in [-0.39, 0.29) is 0 Å². The highest BCUT2D eigenvalue weighted by atomic mass is 32.2. The molecule has 3 aromatic rings. The molecule has 0 saturated heterocycles. The van der Waals surface area contributed by atoms with Crippen LogP contribution in [0.25, 0.3) is 22.4 Å². The summed E-state index contributed by atoms with van der Waals surface area (Å²) in [4.78, 5) is 11.8. The minimum atomic E-state index is -1.20. The monoisotopic (exact) mass is 275 g/mol. The maximum absolute atomic E-state index is 14.0. The van der Waals surface area contributed by atoms with Crippen LogP contribution in [0.5, 0.6) is 0 Å². The number of pyridine rings is 1. The molecule has 1 atom stereocenters. The molecule has 4 nitrogen and oxygen atoms in total. The van der Waals surface area contributed by atoms with Crippen LogP contribution in [0, 0.1) is 5.82 Å². The fourth-order valence-corrected chi connectivity index (χ4v) is 2.38. The third kappa shape index (κ3) is 2.15. The van der Waals surface area contributed by atoms with Gasteiger partial charge < -0.3 is 4.98 Å². The smallest absolute Gasteiger partial charge is 0.141 e. The summed E-state index contributed by atoms with van der Waals surface area (Å²) in [6.45, 7) is 0. The van der Waals surface area contributed by atoms with Crippen molar-refractivity contribution in [3.63, 3.8) is 0 Å². The number of aromatic nitrogens is 3. The molecule has 0 radical (unpaired) electrons. The van der Waals surface area contributed by atoms with Crippen LogP contribution in [0.4, 0.5) is 4.39 Å². The molecular weight excluding hydrogens is 265 g/mol. The Kier molecular flexibility index (Phi) is 2.87. The molecule has 0 aliphatic heterocycles. The van der Waals surface area contributed by atoms with Crippen LogP contribution in [0.15, 0.2) is 41.6 Å². The molecule has 3 rings (SSSR count). The van der Waals surface area contributed by atoms with Crippen LogP contribution in [-0.4, -0.2) is 25.4 Å². The first-order chi connectivity index (χ1) is 9.15. The Morgan fingerprint density at radius 3 is 2.84 bits per heavy atom. The largest absolute Gasteiger partial charge is 0.337 e. The van der Waals surface area contributed by atoms with Crippen LogP contribution in [-0.2, 0) is 10.8 Å². The summed E-state index contributed by atoms with van der Waals surface area (Å²) in [7, 11) is -1.20. The van der Waals surface area contributed by atoms with Gasteiger partial charge in [-0.3, -0.25) is 9.19 Å². The number of H-pyrrole nitrogens is 1. The van der Waals surface area contributed by atoms with E-state index in [2.05, 4.69) is 15.0 Å². The predicted molar refractivity (Wildman–Crippen MR) is 71.6 cm³/mol. The van der Waals surface area contributed by atoms with E-state index >= 15 is 0 Å². The SMILES string of the molecule is CS(=O)c1ccc(-c2nc3ccncc3[nH]2)c(F)c1. The van der Waals surface area contributed by atoms with Crippen LogP contribution in [0.3, 0.4) is 0 Å². The standard InChI is InChI=1S/C13H10FN3OS/c1-19(18)8-2-3-9(10(14)6-8)13-16-11-4-5-15-7-12(11)17-13/h2-7H,1H3,(H,16,17). The number of halogens is 1. The molecule has 1 aromatic carbocycles. The lowest BCUT2D eigenvalue weighted by atomic mass is 10.2. The summed E-state index contributed by atoms with van der Waals surface area (Å²) in [5.74, 6) is -0.00588. The predicted octanol–water partition coefficient (Wildman–Crippen LogP) is 2.50. The highest BCUT2D eigenvalue weighted by Gasteiger charge is 2.11. The third-order valence-corrected chi connectivity index (χ3v) is 3.73. The Morgan fingerprint density at radius 1 is 1.32 bits per heavy atom. The molecule has 0 aliphatic carbocycles. The van der Waals surface area contributed by atoms with Crippen molar-refractivity contribution in [2.24, 2.45) is 0 Å². The highest BCUT2D eigenvalue weighted by molar-refractivity contribution is 7.84. The molecule has 2 heterocycles. The Hall–Kier alpha value is -2.08. The van der Waals surface area contributed by atoms with Gasteiger partial charge >= 0.3 is 0 Å². The summed E-state index contributed by atoms with van der Waals surface area (Å²) in [6.07, 6.45) is 4.78. The van der Waals surface area contributed by atoms with Gasteiger partial charge in [0.15, 0.2) is 0 Å². The van der Waals surface area contributed by atoms with Crippen molar-refractivity contribution in [2.45, 2.75) is 4.90 Å². The van der Waals surface area contributed by atoms with Crippen LogP contribution in [0.1, 0.15) is 0 Å². The molecule has 1 N–H and O–H groups in total. The highest BCUT2D eigenvalue weighted by Crippen LogP contribution is 2.24. The van der Waals surface area contributed by atoms with Crippen molar-refractivity contribution in [1.29, 1.82) is 0 Å². The fraction of sp³-hybridized carbons (Fsp3) is 0.0769. The van der Waals surface area contributed by atoms with Crippen molar-refractivity contribution in [2.75, 3.05) is 6.26 Å². The van der Waals surface area contributed by atoms with Gasteiger partial charge in [0, 0.05) is 28.1 Å². The summed E-state index contributed by atoms with van der Waals surface area (Å²) in [6, 6.07) is 6.25. The number of nitrogens with one attached hydrogen (secondary N) is 1. The second kappa shape index (κ2) is 4.55. The quantitative estimate of drug-likeness (QED) is 0.781. The minimum Gasteiger partial charge on any atom is -0.337 e. The van der Waals surface area contributed by atoms with E-state index in [0.29, 0.717) is 16.3 Å². The average Bonchev–Trinajstić information content (AvgIpc) is 2.81. The maximum Gasteiger partial charge on any atom is 0.141 e. The van der Waals surface area contributed by atoms with Gasteiger partial charge in [-0.25, -0.2) is 9.37 Å². The number of fused-ring (bicyclic) bond motifs is 1. The van der Waals surface area contributed by atoms with Gasteiger partial charge in [0.1, 0.15) is 11.6 Å². The molecule has 19 heavy (non-hydrogen) atoms. The zero-order valence-corrected chi connectivity index (χ0v) is 10.9. The summed E-state index contributed by atoms with van der Waals surface area (Å²) in [5, 5.41) is 0. The number of aromatic amines is 1. The Balaban J connectivity index is 2.13. The van der Waals surface area contributed by atoms with Gasteiger partial charge in [0.05, 0.1) is 22.8 Å². The summed E-state index contributed by atoms with van der Waals surface area (Å²) < 4.78 is 25.3. The molecule has 0 fully saturated rings. The molecule has 0 aliphatic rings. The van der Waals surface area contributed by atoms with E-state index in [4.69, 9.17) is 0 Å². The Bertz CT molecular complexity index is 751. The van der Waals surface area contributed by atoms with E-state index in [0.717, 1.165) is 11.0 Å². The first-order valence-electron chi connectivity index (χ1n) is 5.58. The summed E-state index contributed by atoms with van der Waals surface area (Å²) in [5.41, 5.74) is 1.83. The molecule has 1 unspecified atom stereocenters. The molecule has 0 bridgehead atoms. The first-order valence-corrected chi connectivity index (χ1v) is 7.14. The van der Waals surface area contributed by atoms with Crippen molar-refractivity contribution < 1.29 is 8.60 Å². The lowest BCUT2D eigenvalue weighted by Crippen LogP contribution is -1.92. The normalized spacial score (nSPS) is 12.7. The fourth-order valence-electron chi connectivity index (χ4n) is 1.85. The molecule has 6 heteroatoms. The van der Waals surface area contributed by atoms with Crippen LogP contribution >= 0.6 is 0 Å². The van der Waals surface area contributed by atoms with Crippen LogP contribution < -0.4 is 0 Å². The van der Waals surface area contributed by atoms with Crippen molar-refractivity contribution >= 4 is 21.8 Å². The summed E-state index contributed by atoms with van der Waals surface area (Å²) >= 11 is 0. The van der Waals surface area contributed by atoms with Crippen LogP contribution in [0.2, 0.25) is 0 Å². The third-order valence-electron chi connectivity index (χ3n) is 2.81. The first kappa shape index (κ1) is 12.0. The number of imidazole rings is 1. The Morgan fingerprint density at radius 2 is 2.16 bits per heavy atom. The van der Waals surface area contributed by atoms with Gasteiger partial charge in [-0.2, -0.15) is 0 Å². The molecule has 0 amide bonds. The topological polar surface area (TPSA) is 58.6 Å². The van der Waals surface area contributed by atoms with Crippen molar-refractivity contribution in [1.82, 2.24) is 15.0 Å². The van der Waals surface area contributed by atoms with Gasteiger partial charge in [-0.1, -0.05) is 0 Å². The molecular formula is C13H10FN3OS. The zero-order chi connectivity index (χ0) is 13.4. The maximum atomic E-state index is 14.0. The van der Waals surface area contributed by atoms with Gasteiger partial charge in [0.2, 0.25) is 0 Å². The van der Waals surface area contributed by atoms with E-state index in [1.54, 1.807) is 30.6 Å². The number of benzene rings is 1. The second-order valence-corrected chi connectivity index (χ2v) is 5.45. The van der Waals surface area contributed by atoms with Gasteiger partial charge in [-0.05, 0) is 24.3 Å². The van der Waals surface area contributed by atoms with Crippen molar-refractivity contribution in [3.8, 4) is 11.4 Å². The van der Waals surface area contributed by atoms with Gasteiger partial charge in [-0.15, -0.1) is 0 Å². The lowest BCUT2D eigenvalue weighted by molar-refractivity contribution is 0.625. The Labute approximate surface area is 111 Å². The molecule has 0 saturated carbocycles. The lowest BCUT2D eigenvalue weighted by Gasteiger charge is -2.01. The number of hydrogen-bond donors (Lipinski definition) is 1.